The summed E-state index contributed by atoms with van der Waals surface area (Å²) in [6, 6.07) is 1.49. The number of nitrogens with one attached hydrogen (secondary N) is 1. The Morgan fingerprint density at radius 1 is 1.15 bits per heavy atom. The van der Waals surface area contributed by atoms with Gasteiger partial charge in [-0.2, -0.15) is 0 Å². The third-order valence-electron chi connectivity index (χ3n) is 3.61. The number of hydrogen-bond acceptors (Lipinski definition) is 2. The van der Waals surface area contributed by atoms with E-state index in [4.69, 9.17) is 0 Å². The molecule has 114 valence electrons. The van der Waals surface area contributed by atoms with Crippen LogP contribution >= 0.6 is 15.9 Å². The van der Waals surface area contributed by atoms with Gasteiger partial charge in [0.05, 0.1) is 0 Å². The van der Waals surface area contributed by atoms with E-state index in [2.05, 4.69) is 20.7 Å². The van der Waals surface area contributed by atoms with Crippen LogP contribution in [0.25, 0.3) is 0 Å². The SMILES string of the molecule is CCC(CC)(CC)NS(=O)(=O)c1c(F)cc(F)cc1Br. The summed E-state index contributed by atoms with van der Waals surface area (Å²) in [5.74, 6) is -1.94. The maximum Gasteiger partial charge on any atom is 0.245 e. The van der Waals surface area contributed by atoms with E-state index in [-0.39, 0.29) is 4.47 Å². The molecular weight excluding hydrogens is 352 g/mol. The van der Waals surface area contributed by atoms with Crippen molar-refractivity contribution >= 4 is 26.0 Å². The molecule has 1 aromatic rings. The molecule has 0 aliphatic heterocycles. The van der Waals surface area contributed by atoms with E-state index in [0.29, 0.717) is 25.3 Å². The van der Waals surface area contributed by atoms with Gasteiger partial charge in [-0.3, -0.25) is 0 Å². The van der Waals surface area contributed by atoms with Gasteiger partial charge in [0.2, 0.25) is 10.0 Å². The first-order valence-electron chi connectivity index (χ1n) is 6.40. The predicted octanol–water partition coefficient (Wildman–Crippen LogP) is 3.97. The molecule has 0 aliphatic carbocycles. The quantitative estimate of drug-likeness (QED) is 0.824. The van der Waals surface area contributed by atoms with Crippen LogP contribution in [-0.2, 0) is 10.0 Å². The fraction of sp³-hybridized carbons (Fsp3) is 0.538. The maximum atomic E-state index is 13.8. The Bertz CT molecular complexity index is 555. The largest absolute Gasteiger partial charge is 0.245 e. The lowest BCUT2D eigenvalue weighted by Gasteiger charge is -2.31. The molecule has 0 saturated carbocycles. The molecule has 0 aliphatic rings. The number of rotatable bonds is 6. The van der Waals surface area contributed by atoms with Gasteiger partial charge < -0.3 is 0 Å². The summed E-state index contributed by atoms with van der Waals surface area (Å²) in [5.41, 5.74) is -0.626. The fourth-order valence-corrected chi connectivity index (χ4v) is 4.87. The molecule has 0 aromatic heterocycles. The van der Waals surface area contributed by atoms with E-state index in [1.807, 2.05) is 20.8 Å². The first kappa shape index (κ1) is 17.5. The van der Waals surface area contributed by atoms with E-state index < -0.39 is 32.1 Å². The Morgan fingerprint density at radius 3 is 2.05 bits per heavy atom. The Hall–Kier alpha value is -0.530. The van der Waals surface area contributed by atoms with Crippen LogP contribution in [0.3, 0.4) is 0 Å². The van der Waals surface area contributed by atoms with E-state index >= 15 is 0 Å². The van der Waals surface area contributed by atoms with Crippen LogP contribution in [0.2, 0.25) is 0 Å². The molecule has 1 rings (SSSR count). The van der Waals surface area contributed by atoms with Crippen LogP contribution in [0.1, 0.15) is 40.0 Å². The van der Waals surface area contributed by atoms with Crippen molar-refractivity contribution in [2.24, 2.45) is 0 Å². The average molecular weight is 370 g/mol. The lowest BCUT2D eigenvalue weighted by molar-refractivity contribution is 0.341. The van der Waals surface area contributed by atoms with E-state index in [1.165, 1.54) is 0 Å². The molecule has 1 aromatic carbocycles. The molecule has 1 N–H and O–H groups in total. The Morgan fingerprint density at radius 2 is 1.65 bits per heavy atom. The van der Waals surface area contributed by atoms with Gasteiger partial charge in [-0.05, 0) is 41.3 Å². The van der Waals surface area contributed by atoms with E-state index in [9.17, 15) is 17.2 Å². The Balaban J connectivity index is 3.32. The lowest BCUT2D eigenvalue weighted by atomic mass is 9.91. The standard InChI is InChI=1S/C13H18BrF2NO2S/c1-4-13(5-2,6-3)17-20(18,19)12-10(14)7-9(15)8-11(12)16/h7-8,17H,4-6H2,1-3H3. The van der Waals surface area contributed by atoms with Gasteiger partial charge in [-0.1, -0.05) is 20.8 Å². The van der Waals surface area contributed by atoms with Crippen molar-refractivity contribution in [3.8, 4) is 0 Å². The van der Waals surface area contributed by atoms with Crippen molar-refractivity contribution in [1.29, 1.82) is 0 Å². The second-order valence-electron chi connectivity index (χ2n) is 4.65. The van der Waals surface area contributed by atoms with Gasteiger partial charge in [0.15, 0.2) is 0 Å². The molecule has 7 heteroatoms. The normalized spacial score (nSPS) is 12.7. The third kappa shape index (κ3) is 3.56. The second kappa shape index (κ2) is 6.49. The van der Waals surface area contributed by atoms with Crippen LogP contribution in [0.4, 0.5) is 8.78 Å². The van der Waals surface area contributed by atoms with Crippen molar-refractivity contribution in [3.63, 3.8) is 0 Å². The highest BCUT2D eigenvalue weighted by Gasteiger charge is 2.33. The zero-order chi connectivity index (χ0) is 15.6. The fourth-order valence-electron chi connectivity index (χ4n) is 2.09. The number of sulfonamides is 1. The molecule has 0 amide bonds. The Labute approximate surface area is 126 Å². The molecule has 20 heavy (non-hydrogen) atoms. The van der Waals surface area contributed by atoms with Crippen molar-refractivity contribution in [1.82, 2.24) is 4.72 Å². The topological polar surface area (TPSA) is 46.2 Å². The Kier molecular flexibility index (Phi) is 5.69. The molecule has 0 heterocycles. The van der Waals surface area contributed by atoms with Crippen LogP contribution in [0.15, 0.2) is 21.5 Å². The van der Waals surface area contributed by atoms with Gasteiger partial charge in [0, 0.05) is 16.1 Å². The van der Waals surface area contributed by atoms with Crippen LogP contribution in [-0.4, -0.2) is 14.0 Å². The number of benzene rings is 1. The van der Waals surface area contributed by atoms with Crippen LogP contribution in [0, 0.1) is 11.6 Å². The van der Waals surface area contributed by atoms with Gasteiger partial charge in [-0.25, -0.2) is 21.9 Å². The summed E-state index contributed by atoms with van der Waals surface area (Å²) in [5, 5.41) is 0. The smallest absolute Gasteiger partial charge is 0.207 e. The lowest BCUT2D eigenvalue weighted by Crippen LogP contribution is -2.47. The minimum Gasteiger partial charge on any atom is -0.207 e. The molecule has 0 bridgehead atoms. The molecule has 0 atom stereocenters. The zero-order valence-corrected chi connectivity index (χ0v) is 14.0. The monoisotopic (exact) mass is 369 g/mol. The maximum absolute atomic E-state index is 13.8. The van der Waals surface area contributed by atoms with E-state index in [1.54, 1.807) is 0 Å². The highest BCUT2D eigenvalue weighted by molar-refractivity contribution is 9.10. The summed E-state index contributed by atoms with van der Waals surface area (Å²) in [7, 11) is -4.07. The molecule has 0 radical (unpaired) electrons. The minimum atomic E-state index is -4.07. The first-order valence-corrected chi connectivity index (χ1v) is 8.67. The van der Waals surface area contributed by atoms with Crippen molar-refractivity contribution < 1.29 is 17.2 Å². The molecule has 0 spiro atoms. The van der Waals surface area contributed by atoms with Crippen molar-refractivity contribution in [3.05, 3.63) is 28.2 Å². The molecule has 0 fully saturated rings. The summed E-state index contributed by atoms with van der Waals surface area (Å²) in [6.45, 7) is 5.60. The first-order chi connectivity index (χ1) is 9.21. The van der Waals surface area contributed by atoms with Crippen LogP contribution < -0.4 is 4.72 Å². The average Bonchev–Trinajstić information content (AvgIpc) is 2.34. The third-order valence-corrected chi connectivity index (χ3v) is 6.15. The van der Waals surface area contributed by atoms with Crippen LogP contribution in [0.5, 0.6) is 0 Å². The summed E-state index contributed by atoms with van der Waals surface area (Å²) < 4.78 is 54.0. The second-order valence-corrected chi connectivity index (χ2v) is 7.12. The van der Waals surface area contributed by atoms with Gasteiger partial charge in [0.1, 0.15) is 16.5 Å². The zero-order valence-electron chi connectivity index (χ0n) is 11.6. The molecular formula is C13H18BrF2NO2S. The summed E-state index contributed by atoms with van der Waals surface area (Å²) in [4.78, 5) is -0.557. The highest BCUT2D eigenvalue weighted by atomic mass is 79.9. The number of halogens is 3. The summed E-state index contributed by atoms with van der Waals surface area (Å²) >= 11 is 2.91. The number of hydrogen-bond donors (Lipinski definition) is 1. The van der Waals surface area contributed by atoms with E-state index in [0.717, 1.165) is 6.07 Å². The molecule has 0 unspecified atom stereocenters. The van der Waals surface area contributed by atoms with Gasteiger partial charge in [0.25, 0.3) is 0 Å². The molecule has 0 saturated heterocycles. The highest BCUT2D eigenvalue weighted by Crippen LogP contribution is 2.29. The predicted molar refractivity (Wildman–Crippen MR) is 78.0 cm³/mol. The summed E-state index contributed by atoms with van der Waals surface area (Å²) in [6.07, 6.45) is 1.75. The van der Waals surface area contributed by atoms with Gasteiger partial charge in [-0.15, -0.1) is 0 Å². The minimum absolute atomic E-state index is 0.125. The van der Waals surface area contributed by atoms with Crippen molar-refractivity contribution in [2.75, 3.05) is 0 Å². The molecule has 3 nitrogen and oxygen atoms in total. The van der Waals surface area contributed by atoms with Gasteiger partial charge >= 0.3 is 0 Å². The van der Waals surface area contributed by atoms with Crippen molar-refractivity contribution in [2.45, 2.75) is 50.5 Å².